The van der Waals surface area contributed by atoms with Crippen LogP contribution in [0.1, 0.15) is 36.6 Å². The summed E-state index contributed by atoms with van der Waals surface area (Å²) in [6.07, 6.45) is 0.950. The second kappa shape index (κ2) is 12.4. The highest BCUT2D eigenvalue weighted by Gasteiger charge is 2.11. The summed E-state index contributed by atoms with van der Waals surface area (Å²) < 4.78 is 28.1. The number of guanidine groups is 1. The van der Waals surface area contributed by atoms with Gasteiger partial charge in [-0.25, -0.2) is 18.5 Å². The molecular formula is C19H29IN4O3S2. The van der Waals surface area contributed by atoms with E-state index in [0.717, 1.165) is 41.5 Å². The van der Waals surface area contributed by atoms with Crippen molar-refractivity contribution in [3.63, 3.8) is 0 Å². The van der Waals surface area contributed by atoms with Gasteiger partial charge in [0.2, 0.25) is 10.0 Å². The van der Waals surface area contributed by atoms with Crippen LogP contribution in [0.5, 0.6) is 5.75 Å². The first kappa shape index (κ1) is 25.7. The molecule has 4 N–H and O–H groups in total. The Kier molecular flexibility index (Phi) is 10.9. The zero-order valence-corrected chi connectivity index (χ0v) is 20.8. The number of sulfonamides is 1. The molecule has 0 aliphatic carbocycles. The Balaban J connectivity index is 0.00000420. The number of nitrogens with two attached hydrogens (primary N) is 1. The molecule has 0 amide bonds. The van der Waals surface area contributed by atoms with Crippen LogP contribution in [0.15, 0.2) is 45.6 Å². The van der Waals surface area contributed by atoms with E-state index in [1.54, 1.807) is 13.2 Å². The molecule has 0 aliphatic rings. The van der Waals surface area contributed by atoms with Gasteiger partial charge in [-0.1, -0.05) is 19.1 Å². The van der Waals surface area contributed by atoms with E-state index < -0.39 is 10.0 Å². The normalized spacial score (nSPS) is 12.8. The van der Waals surface area contributed by atoms with E-state index in [1.165, 1.54) is 11.6 Å². The number of nitrogens with one attached hydrogen (secondary N) is 2. The van der Waals surface area contributed by atoms with Crippen molar-refractivity contribution in [3.8, 4) is 5.75 Å². The summed E-state index contributed by atoms with van der Waals surface area (Å²) in [6, 6.07) is 11.4. The summed E-state index contributed by atoms with van der Waals surface area (Å²) >= 11 is 1.14. The first-order valence-corrected chi connectivity index (χ1v) is 11.5. The van der Waals surface area contributed by atoms with Crippen LogP contribution in [0.2, 0.25) is 0 Å². The van der Waals surface area contributed by atoms with E-state index in [1.807, 2.05) is 19.1 Å². The number of benzene rings is 1. The van der Waals surface area contributed by atoms with E-state index in [0.29, 0.717) is 18.4 Å². The van der Waals surface area contributed by atoms with Crippen molar-refractivity contribution in [2.45, 2.75) is 36.9 Å². The Bertz CT molecular complexity index is 883. The van der Waals surface area contributed by atoms with Gasteiger partial charge in [-0.3, -0.25) is 0 Å². The molecule has 0 aliphatic heterocycles. The lowest BCUT2D eigenvalue weighted by atomic mass is 9.98. The molecule has 1 heterocycles. The Labute approximate surface area is 194 Å². The molecule has 7 nitrogen and oxygen atoms in total. The van der Waals surface area contributed by atoms with Gasteiger partial charge in [-0.15, -0.1) is 35.3 Å². The minimum Gasteiger partial charge on any atom is -0.497 e. The van der Waals surface area contributed by atoms with E-state index in [-0.39, 0.29) is 28.2 Å². The van der Waals surface area contributed by atoms with Crippen molar-refractivity contribution >= 4 is 51.3 Å². The largest absolute Gasteiger partial charge is 0.497 e. The average Bonchev–Trinajstić information content (AvgIpc) is 3.15. The van der Waals surface area contributed by atoms with Gasteiger partial charge in [-0.2, -0.15) is 0 Å². The maximum atomic E-state index is 11.4. The third-order valence-electron chi connectivity index (χ3n) is 4.21. The van der Waals surface area contributed by atoms with Crippen molar-refractivity contribution in [2.75, 3.05) is 20.2 Å². The van der Waals surface area contributed by atoms with E-state index in [9.17, 15) is 8.42 Å². The number of aliphatic imine (C=N–C) groups is 1. The van der Waals surface area contributed by atoms with Crippen molar-refractivity contribution in [3.05, 3.63) is 46.8 Å². The monoisotopic (exact) mass is 552 g/mol. The van der Waals surface area contributed by atoms with Gasteiger partial charge in [-0.05, 0) is 49.1 Å². The van der Waals surface area contributed by atoms with Crippen LogP contribution in [-0.2, 0) is 16.6 Å². The minimum absolute atomic E-state index is 0. The summed E-state index contributed by atoms with van der Waals surface area (Å²) in [5.74, 6) is 1.96. The predicted molar refractivity (Wildman–Crippen MR) is 130 cm³/mol. The number of nitrogens with zero attached hydrogens (tertiary/aromatic N) is 1. The van der Waals surface area contributed by atoms with Gasteiger partial charge in [0.25, 0.3) is 0 Å². The zero-order chi connectivity index (χ0) is 20.6. The Morgan fingerprint density at radius 2 is 1.90 bits per heavy atom. The molecule has 1 aromatic carbocycles. The molecule has 1 unspecified atom stereocenters. The molecule has 0 radical (unpaired) electrons. The molecule has 0 bridgehead atoms. The van der Waals surface area contributed by atoms with Crippen LogP contribution >= 0.6 is 35.3 Å². The van der Waals surface area contributed by atoms with Crippen LogP contribution in [-0.4, -0.2) is 34.6 Å². The third-order valence-corrected chi connectivity index (χ3v) is 6.72. The first-order chi connectivity index (χ1) is 13.3. The van der Waals surface area contributed by atoms with Crippen molar-refractivity contribution in [1.82, 2.24) is 10.6 Å². The van der Waals surface area contributed by atoms with Gasteiger partial charge in [0.05, 0.1) is 13.7 Å². The lowest BCUT2D eigenvalue weighted by Gasteiger charge is -2.15. The minimum atomic E-state index is -3.65. The molecule has 1 aromatic heterocycles. The highest BCUT2D eigenvalue weighted by atomic mass is 127. The third kappa shape index (κ3) is 8.49. The molecular weight excluding hydrogens is 523 g/mol. The molecule has 29 heavy (non-hydrogen) atoms. The predicted octanol–water partition coefficient (Wildman–Crippen LogP) is 3.27. The maximum absolute atomic E-state index is 11.4. The molecule has 162 valence electrons. The SMILES string of the molecule is CCNC(=NCc1ccc(S(N)(=O)=O)s1)NCCC(C)c1ccc(OC)cc1.I. The van der Waals surface area contributed by atoms with Gasteiger partial charge in [0, 0.05) is 18.0 Å². The van der Waals surface area contributed by atoms with Gasteiger partial charge >= 0.3 is 0 Å². The molecule has 0 saturated heterocycles. The van der Waals surface area contributed by atoms with Gasteiger partial charge in [0.1, 0.15) is 9.96 Å². The number of rotatable bonds is 9. The number of thiophene rings is 1. The summed E-state index contributed by atoms with van der Waals surface area (Å²) in [5.41, 5.74) is 1.26. The van der Waals surface area contributed by atoms with Crippen LogP contribution < -0.4 is 20.5 Å². The molecule has 2 rings (SSSR count). The lowest BCUT2D eigenvalue weighted by Crippen LogP contribution is -2.38. The summed E-state index contributed by atoms with van der Waals surface area (Å²) in [5, 5.41) is 11.7. The smallest absolute Gasteiger partial charge is 0.247 e. The van der Waals surface area contributed by atoms with Crippen LogP contribution in [0.25, 0.3) is 0 Å². The highest BCUT2D eigenvalue weighted by molar-refractivity contribution is 14.0. The lowest BCUT2D eigenvalue weighted by molar-refractivity contribution is 0.414. The second-order valence-corrected chi connectivity index (χ2v) is 9.31. The number of primary sulfonamides is 1. The number of ether oxygens (including phenoxy) is 1. The molecule has 0 spiro atoms. The molecule has 1 atom stereocenters. The molecule has 0 saturated carbocycles. The van der Waals surface area contributed by atoms with Crippen LogP contribution in [0.4, 0.5) is 0 Å². The number of methoxy groups -OCH3 is 1. The van der Waals surface area contributed by atoms with Crippen LogP contribution in [0.3, 0.4) is 0 Å². The van der Waals surface area contributed by atoms with Crippen LogP contribution in [0, 0.1) is 0 Å². The Morgan fingerprint density at radius 1 is 1.21 bits per heavy atom. The van der Waals surface area contributed by atoms with Crippen molar-refractivity contribution < 1.29 is 13.2 Å². The summed E-state index contributed by atoms with van der Waals surface area (Å²) in [4.78, 5) is 5.36. The Hall–Kier alpha value is -1.37. The maximum Gasteiger partial charge on any atom is 0.247 e. The summed E-state index contributed by atoms with van der Waals surface area (Å²) in [7, 11) is -1.99. The fourth-order valence-electron chi connectivity index (χ4n) is 2.60. The first-order valence-electron chi connectivity index (χ1n) is 9.11. The zero-order valence-electron chi connectivity index (χ0n) is 16.8. The van der Waals surface area contributed by atoms with Crippen molar-refractivity contribution in [2.24, 2.45) is 10.1 Å². The quantitative estimate of drug-likeness (QED) is 0.252. The van der Waals surface area contributed by atoms with Crippen molar-refractivity contribution in [1.29, 1.82) is 0 Å². The summed E-state index contributed by atoms with van der Waals surface area (Å²) in [6.45, 7) is 6.09. The van der Waals surface area contributed by atoms with E-state index in [4.69, 9.17) is 9.88 Å². The second-order valence-electron chi connectivity index (χ2n) is 6.35. The molecule has 2 aromatic rings. The number of hydrogen-bond acceptors (Lipinski definition) is 5. The molecule has 0 fully saturated rings. The van der Waals surface area contributed by atoms with E-state index in [2.05, 4.69) is 34.7 Å². The standard InChI is InChI=1S/C19H28N4O3S2.HI/c1-4-21-19(23-13-17-9-10-18(27-17)28(20,24)25)22-12-11-14(2)15-5-7-16(26-3)8-6-15;/h5-10,14H,4,11-13H2,1-3H3,(H2,20,24,25)(H2,21,22,23);1H. The van der Waals surface area contributed by atoms with Gasteiger partial charge in [0.15, 0.2) is 5.96 Å². The topological polar surface area (TPSA) is 106 Å². The highest BCUT2D eigenvalue weighted by Crippen LogP contribution is 2.22. The van der Waals surface area contributed by atoms with E-state index >= 15 is 0 Å². The fraction of sp³-hybridized carbons (Fsp3) is 0.421. The average molecular weight is 553 g/mol. The van der Waals surface area contributed by atoms with Gasteiger partial charge < -0.3 is 15.4 Å². The fourth-order valence-corrected chi connectivity index (χ4v) is 4.30. The Morgan fingerprint density at radius 3 is 2.45 bits per heavy atom. The molecule has 10 heteroatoms. The number of hydrogen-bond donors (Lipinski definition) is 3. The number of halogens is 1.